The summed E-state index contributed by atoms with van der Waals surface area (Å²) in [6.45, 7) is 8.27. The Kier molecular flexibility index (Phi) is 9.26. The average molecular weight is 269 g/mol. The van der Waals surface area contributed by atoms with Gasteiger partial charge in [-0.05, 0) is 54.0 Å². The molecule has 0 bridgehead atoms. The van der Waals surface area contributed by atoms with Gasteiger partial charge in [-0.25, -0.2) is 0 Å². The highest BCUT2D eigenvalue weighted by atomic mass is 15.3. The van der Waals surface area contributed by atoms with Crippen LogP contribution >= 0.6 is 0 Å². The maximum absolute atomic E-state index is 5.78. The minimum absolute atomic E-state index is 0.544. The van der Waals surface area contributed by atoms with Gasteiger partial charge in [-0.15, -0.1) is 0 Å². The molecule has 5 nitrogen and oxygen atoms in total. The van der Waals surface area contributed by atoms with E-state index in [1.165, 1.54) is 12.8 Å². The second-order valence-corrected chi connectivity index (χ2v) is 4.68. The highest BCUT2D eigenvalue weighted by molar-refractivity contribution is 5.39. The largest absolute Gasteiger partial charge is 0.396 e. The van der Waals surface area contributed by atoms with Crippen molar-refractivity contribution in [2.45, 2.75) is 39.7 Å². The average Bonchev–Trinajstić information content (AvgIpc) is 2.74. The van der Waals surface area contributed by atoms with Crippen molar-refractivity contribution in [3.05, 3.63) is 11.9 Å². The molecule has 2 rings (SSSR count). The van der Waals surface area contributed by atoms with Gasteiger partial charge in [-0.2, -0.15) is 5.10 Å². The number of aryl methyl sites for hydroxylation is 1. The number of piperidine rings is 1. The molecule has 5 heteroatoms. The van der Waals surface area contributed by atoms with E-state index in [0.717, 1.165) is 24.5 Å². The molecule has 0 saturated carbocycles. The van der Waals surface area contributed by atoms with E-state index < -0.39 is 0 Å². The third kappa shape index (κ3) is 6.07. The lowest BCUT2D eigenvalue weighted by atomic mass is 10.1. The topological polar surface area (TPSA) is 59.1 Å². The first-order chi connectivity index (χ1) is 9.08. The summed E-state index contributed by atoms with van der Waals surface area (Å²) in [4.78, 5) is 2.36. The number of nitrogens with one attached hydrogen (secondary N) is 1. The van der Waals surface area contributed by atoms with E-state index in [2.05, 4.69) is 22.4 Å². The van der Waals surface area contributed by atoms with Crippen LogP contribution in [-0.4, -0.2) is 48.9 Å². The third-order valence-electron chi connectivity index (χ3n) is 3.02. The van der Waals surface area contributed by atoms with Crippen LogP contribution in [0.1, 0.15) is 38.4 Å². The summed E-state index contributed by atoms with van der Waals surface area (Å²) in [5.74, 6) is 0. The van der Waals surface area contributed by atoms with E-state index in [-0.39, 0.29) is 0 Å². The molecule has 0 unspecified atom stereocenters. The molecule has 2 heterocycles. The van der Waals surface area contributed by atoms with Crippen molar-refractivity contribution in [1.82, 2.24) is 20.0 Å². The lowest BCUT2D eigenvalue weighted by Crippen LogP contribution is -2.31. The molecule has 3 N–H and O–H groups in total. The van der Waals surface area contributed by atoms with Crippen LogP contribution in [0.15, 0.2) is 6.20 Å². The molecule has 1 saturated heterocycles. The molecule has 0 amide bonds. The van der Waals surface area contributed by atoms with Crippen molar-refractivity contribution in [3.63, 3.8) is 0 Å². The molecule has 1 fully saturated rings. The van der Waals surface area contributed by atoms with E-state index in [4.69, 9.17) is 5.73 Å². The van der Waals surface area contributed by atoms with Gasteiger partial charge in [0.05, 0.1) is 17.4 Å². The Morgan fingerprint density at radius 2 is 1.74 bits per heavy atom. The molecule has 1 aromatic heterocycles. The number of nitrogens with zero attached hydrogens (tertiary/aromatic N) is 3. The zero-order chi connectivity index (χ0) is 14.8. The molecule has 0 spiro atoms. The predicted molar refractivity (Wildman–Crippen MR) is 83.5 cm³/mol. The number of nitrogens with two attached hydrogens (primary N) is 1. The number of likely N-dealkylation sites (tertiary alicyclic amines) is 1. The van der Waals surface area contributed by atoms with E-state index >= 15 is 0 Å². The summed E-state index contributed by atoms with van der Waals surface area (Å²) >= 11 is 0. The highest BCUT2D eigenvalue weighted by Crippen LogP contribution is 2.22. The van der Waals surface area contributed by atoms with Crippen LogP contribution in [0.5, 0.6) is 0 Å². The van der Waals surface area contributed by atoms with Crippen molar-refractivity contribution in [3.8, 4) is 0 Å². The minimum Gasteiger partial charge on any atom is -0.396 e. The Balaban J connectivity index is 0.000000573. The van der Waals surface area contributed by atoms with Crippen molar-refractivity contribution in [2.75, 3.05) is 40.0 Å². The molecule has 112 valence electrons. The number of rotatable bonds is 1. The standard InChI is InChI=1S/C10H18N4.C2H7N.C2H6/c1-8-10(11)7-14(12-8)9-3-5-13(2)6-4-9;1-3-2;1-2/h7,9H,3-6,11H2,1-2H3;3H,1-2H3;1-2H3. The second-order valence-electron chi connectivity index (χ2n) is 4.68. The van der Waals surface area contributed by atoms with Crippen molar-refractivity contribution in [2.24, 2.45) is 0 Å². The molecule has 0 atom stereocenters. The van der Waals surface area contributed by atoms with Gasteiger partial charge in [0.2, 0.25) is 0 Å². The van der Waals surface area contributed by atoms with Crippen LogP contribution in [0, 0.1) is 6.92 Å². The smallest absolute Gasteiger partial charge is 0.0823 e. The number of nitrogen functional groups attached to an aromatic ring is 1. The molecule has 0 radical (unpaired) electrons. The van der Waals surface area contributed by atoms with Crippen LogP contribution in [0.25, 0.3) is 0 Å². The Morgan fingerprint density at radius 1 is 1.26 bits per heavy atom. The number of anilines is 1. The van der Waals surface area contributed by atoms with E-state index in [0.29, 0.717) is 6.04 Å². The maximum atomic E-state index is 5.78. The quantitative estimate of drug-likeness (QED) is 0.817. The zero-order valence-corrected chi connectivity index (χ0v) is 13.4. The van der Waals surface area contributed by atoms with Gasteiger partial charge < -0.3 is 16.0 Å². The third-order valence-corrected chi connectivity index (χ3v) is 3.02. The van der Waals surface area contributed by atoms with Gasteiger partial charge in [0, 0.05) is 6.20 Å². The van der Waals surface area contributed by atoms with Gasteiger partial charge in [-0.1, -0.05) is 13.8 Å². The highest BCUT2D eigenvalue weighted by Gasteiger charge is 2.19. The normalized spacial score (nSPS) is 16.1. The first-order valence-electron chi connectivity index (χ1n) is 7.16. The zero-order valence-electron chi connectivity index (χ0n) is 13.4. The number of aromatic nitrogens is 2. The molecular formula is C14H31N5. The number of hydrogen-bond donors (Lipinski definition) is 2. The van der Waals surface area contributed by atoms with Crippen LogP contribution in [0.4, 0.5) is 5.69 Å². The fourth-order valence-corrected chi connectivity index (χ4v) is 1.94. The van der Waals surface area contributed by atoms with Gasteiger partial charge >= 0.3 is 0 Å². The van der Waals surface area contributed by atoms with E-state index in [9.17, 15) is 0 Å². The Bertz CT molecular complexity index is 307. The minimum atomic E-state index is 0.544. The fourth-order valence-electron chi connectivity index (χ4n) is 1.94. The first kappa shape index (κ1) is 17.9. The maximum Gasteiger partial charge on any atom is 0.0823 e. The van der Waals surface area contributed by atoms with E-state index in [1.54, 1.807) is 0 Å². The summed E-state index contributed by atoms with van der Waals surface area (Å²) in [7, 11) is 5.92. The lowest BCUT2D eigenvalue weighted by molar-refractivity contribution is 0.212. The summed E-state index contributed by atoms with van der Waals surface area (Å²) in [6, 6.07) is 0.544. The molecule has 19 heavy (non-hydrogen) atoms. The van der Waals surface area contributed by atoms with Gasteiger partial charge in [0.15, 0.2) is 0 Å². The molecule has 0 aliphatic carbocycles. The predicted octanol–water partition coefficient (Wildman–Crippen LogP) is 1.90. The molecule has 0 aromatic carbocycles. The lowest BCUT2D eigenvalue weighted by Gasteiger charge is -2.28. The van der Waals surface area contributed by atoms with Crippen molar-refractivity contribution >= 4 is 5.69 Å². The summed E-state index contributed by atoms with van der Waals surface area (Å²) in [5.41, 5.74) is 7.54. The van der Waals surface area contributed by atoms with Gasteiger partial charge in [-0.3, -0.25) is 4.68 Å². The van der Waals surface area contributed by atoms with Crippen LogP contribution in [-0.2, 0) is 0 Å². The SMILES string of the molecule is CC.CNC.Cc1nn(C2CCN(C)CC2)cc1N. The molecular weight excluding hydrogens is 238 g/mol. The number of hydrogen-bond acceptors (Lipinski definition) is 4. The molecule has 1 aliphatic rings. The summed E-state index contributed by atoms with van der Waals surface area (Å²) in [6.07, 6.45) is 4.32. The van der Waals surface area contributed by atoms with Crippen LogP contribution in [0.3, 0.4) is 0 Å². The second kappa shape index (κ2) is 9.81. The Labute approximate surface area is 118 Å². The first-order valence-corrected chi connectivity index (χ1v) is 7.16. The van der Waals surface area contributed by atoms with E-state index in [1.807, 2.05) is 45.7 Å². The monoisotopic (exact) mass is 269 g/mol. The van der Waals surface area contributed by atoms with Crippen LogP contribution < -0.4 is 11.1 Å². The summed E-state index contributed by atoms with van der Waals surface area (Å²) < 4.78 is 2.04. The Morgan fingerprint density at radius 3 is 2.11 bits per heavy atom. The summed E-state index contributed by atoms with van der Waals surface area (Å²) in [5, 5.41) is 7.18. The van der Waals surface area contributed by atoms with Gasteiger partial charge in [0.1, 0.15) is 0 Å². The van der Waals surface area contributed by atoms with Crippen molar-refractivity contribution < 1.29 is 0 Å². The Hall–Kier alpha value is -1.07. The van der Waals surface area contributed by atoms with Crippen molar-refractivity contribution in [1.29, 1.82) is 0 Å². The fraction of sp³-hybridized carbons (Fsp3) is 0.786. The molecule has 1 aliphatic heterocycles. The van der Waals surface area contributed by atoms with Crippen LogP contribution in [0.2, 0.25) is 0 Å². The molecule has 1 aromatic rings. The van der Waals surface area contributed by atoms with Gasteiger partial charge in [0.25, 0.3) is 0 Å².